The molecule has 0 bridgehead atoms. The first-order chi connectivity index (χ1) is 10.2. The molecule has 1 aromatic heterocycles. The first-order valence-electron chi connectivity index (χ1n) is 7.54. The van der Waals surface area contributed by atoms with Gasteiger partial charge in [-0.2, -0.15) is 0 Å². The van der Waals surface area contributed by atoms with Crippen molar-refractivity contribution in [1.82, 2.24) is 4.98 Å². The number of nitrogens with zero attached hydrogens (tertiary/aromatic N) is 3. The van der Waals surface area contributed by atoms with Crippen LogP contribution in [0.4, 0.5) is 5.82 Å². The van der Waals surface area contributed by atoms with Crippen LogP contribution in [-0.4, -0.2) is 29.1 Å². The minimum atomic E-state index is 0.0160. The Balaban J connectivity index is 2.18. The van der Waals surface area contributed by atoms with Gasteiger partial charge in [0.1, 0.15) is 5.82 Å². The number of hydrogen-bond donors (Lipinski definition) is 2. The van der Waals surface area contributed by atoms with Gasteiger partial charge in [0.2, 0.25) is 0 Å². The molecule has 21 heavy (non-hydrogen) atoms. The Morgan fingerprint density at radius 1 is 1.52 bits per heavy atom. The van der Waals surface area contributed by atoms with E-state index in [-0.39, 0.29) is 5.84 Å². The summed E-state index contributed by atoms with van der Waals surface area (Å²) in [5.41, 5.74) is 6.18. The molecule has 1 atom stereocenters. The van der Waals surface area contributed by atoms with Gasteiger partial charge in [-0.05, 0) is 31.2 Å². The maximum atomic E-state index is 8.82. The Morgan fingerprint density at radius 2 is 2.33 bits per heavy atom. The maximum absolute atomic E-state index is 8.82. The molecule has 0 aromatic carbocycles. The zero-order valence-corrected chi connectivity index (χ0v) is 13.2. The standard InChI is InChI=1S/C15H23ClN4O/c1-2-4-11-5-3-9-20(10-7-11)15-13(16)12(6-8-18-15)14(17)19-21/h6,8,11,21H,2-5,7,9-10H2,1H3,(H2,17,19). The van der Waals surface area contributed by atoms with Gasteiger partial charge in [-0.1, -0.05) is 36.5 Å². The molecule has 1 aliphatic heterocycles. The number of nitrogens with two attached hydrogens (primary N) is 1. The van der Waals surface area contributed by atoms with Crippen LogP contribution in [0.2, 0.25) is 5.02 Å². The van der Waals surface area contributed by atoms with Crippen molar-refractivity contribution < 1.29 is 5.21 Å². The Kier molecular flexibility index (Phi) is 5.67. The van der Waals surface area contributed by atoms with E-state index in [2.05, 4.69) is 22.0 Å². The Hall–Kier alpha value is -1.49. The molecule has 0 radical (unpaired) electrons. The van der Waals surface area contributed by atoms with Crippen molar-refractivity contribution in [3.8, 4) is 0 Å². The second kappa shape index (κ2) is 7.50. The molecule has 1 aromatic rings. The summed E-state index contributed by atoms with van der Waals surface area (Å²) in [4.78, 5) is 6.61. The van der Waals surface area contributed by atoms with Gasteiger partial charge >= 0.3 is 0 Å². The van der Waals surface area contributed by atoms with E-state index >= 15 is 0 Å². The third-order valence-electron chi connectivity index (χ3n) is 4.10. The topological polar surface area (TPSA) is 74.7 Å². The minimum absolute atomic E-state index is 0.0160. The number of amidine groups is 1. The SMILES string of the molecule is CCCC1CCCN(c2nccc(/C(N)=N/O)c2Cl)CC1. The first kappa shape index (κ1) is 15.9. The largest absolute Gasteiger partial charge is 0.409 e. The Labute approximate surface area is 130 Å². The molecule has 0 spiro atoms. The van der Waals surface area contributed by atoms with E-state index in [4.69, 9.17) is 22.5 Å². The summed E-state index contributed by atoms with van der Waals surface area (Å²) in [5.74, 6) is 1.55. The predicted molar refractivity (Wildman–Crippen MR) is 86.2 cm³/mol. The summed E-state index contributed by atoms with van der Waals surface area (Å²) in [7, 11) is 0. The molecule has 1 saturated heterocycles. The van der Waals surface area contributed by atoms with Crippen molar-refractivity contribution in [2.75, 3.05) is 18.0 Å². The molecule has 3 N–H and O–H groups in total. The summed E-state index contributed by atoms with van der Waals surface area (Å²) >= 11 is 6.39. The molecule has 1 aliphatic rings. The average Bonchev–Trinajstić information content (AvgIpc) is 2.73. The molecule has 1 fully saturated rings. The van der Waals surface area contributed by atoms with Crippen LogP contribution in [0.3, 0.4) is 0 Å². The van der Waals surface area contributed by atoms with E-state index in [1.165, 1.54) is 25.7 Å². The van der Waals surface area contributed by atoms with E-state index in [1.807, 2.05) is 0 Å². The van der Waals surface area contributed by atoms with Crippen LogP contribution >= 0.6 is 11.6 Å². The van der Waals surface area contributed by atoms with Crippen molar-refractivity contribution >= 4 is 23.3 Å². The molecule has 0 saturated carbocycles. The summed E-state index contributed by atoms with van der Waals surface area (Å²) < 4.78 is 0. The van der Waals surface area contributed by atoms with Crippen LogP contribution in [0.25, 0.3) is 0 Å². The van der Waals surface area contributed by atoms with Gasteiger partial charge in [0.25, 0.3) is 0 Å². The average molecular weight is 311 g/mol. The number of halogens is 1. The molecule has 1 unspecified atom stereocenters. The molecule has 2 heterocycles. The lowest BCUT2D eigenvalue weighted by Gasteiger charge is -2.23. The summed E-state index contributed by atoms with van der Waals surface area (Å²) in [6.07, 6.45) is 7.77. The lowest BCUT2D eigenvalue weighted by atomic mass is 9.96. The van der Waals surface area contributed by atoms with E-state index in [0.717, 1.165) is 31.2 Å². The van der Waals surface area contributed by atoms with Crippen molar-refractivity contribution in [3.63, 3.8) is 0 Å². The number of rotatable bonds is 4. The van der Waals surface area contributed by atoms with E-state index in [0.29, 0.717) is 10.6 Å². The summed E-state index contributed by atoms with van der Waals surface area (Å²) in [6.45, 7) is 4.14. The van der Waals surface area contributed by atoms with E-state index in [9.17, 15) is 0 Å². The highest BCUT2D eigenvalue weighted by atomic mass is 35.5. The second-order valence-corrected chi connectivity index (χ2v) is 5.93. The maximum Gasteiger partial charge on any atom is 0.171 e. The quantitative estimate of drug-likeness (QED) is 0.387. The van der Waals surface area contributed by atoms with Gasteiger partial charge in [0.15, 0.2) is 5.84 Å². The number of oxime groups is 1. The highest BCUT2D eigenvalue weighted by Crippen LogP contribution is 2.30. The van der Waals surface area contributed by atoms with E-state index < -0.39 is 0 Å². The van der Waals surface area contributed by atoms with Crippen LogP contribution in [0.5, 0.6) is 0 Å². The molecule has 0 aliphatic carbocycles. The molecule has 6 heteroatoms. The fourth-order valence-electron chi connectivity index (χ4n) is 2.98. The molecule has 0 amide bonds. The molecule has 116 valence electrons. The first-order valence-corrected chi connectivity index (χ1v) is 7.92. The molecular formula is C15H23ClN4O. The zero-order valence-electron chi connectivity index (χ0n) is 12.4. The third-order valence-corrected chi connectivity index (χ3v) is 4.47. The number of pyridine rings is 1. The number of aromatic nitrogens is 1. The van der Waals surface area contributed by atoms with Crippen molar-refractivity contribution in [2.24, 2.45) is 16.8 Å². The van der Waals surface area contributed by atoms with Gasteiger partial charge < -0.3 is 15.8 Å². The number of anilines is 1. The second-order valence-electron chi connectivity index (χ2n) is 5.55. The fraction of sp³-hybridized carbons (Fsp3) is 0.600. The lowest BCUT2D eigenvalue weighted by molar-refractivity contribution is 0.318. The fourth-order valence-corrected chi connectivity index (χ4v) is 3.31. The van der Waals surface area contributed by atoms with Crippen LogP contribution in [0, 0.1) is 5.92 Å². The van der Waals surface area contributed by atoms with Crippen LogP contribution in [0.15, 0.2) is 17.4 Å². The van der Waals surface area contributed by atoms with Gasteiger partial charge in [-0.25, -0.2) is 4.98 Å². The summed E-state index contributed by atoms with van der Waals surface area (Å²) in [5, 5.41) is 12.3. The summed E-state index contributed by atoms with van der Waals surface area (Å²) in [6, 6.07) is 1.67. The molecule has 5 nitrogen and oxygen atoms in total. The highest BCUT2D eigenvalue weighted by Gasteiger charge is 2.21. The normalized spacial score (nSPS) is 20.4. The lowest BCUT2D eigenvalue weighted by Crippen LogP contribution is -2.26. The van der Waals surface area contributed by atoms with Crippen molar-refractivity contribution in [3.05, 3.63) is 22.8 Å². The van der Waals surface area contributed by atoms with Crippen molar-refractivity contribution in [2.45, 2.75) is 39.0 Å². The smallest absolute Gasteiger partial charge is 0.171 e. The Morgan fingerprint density at radius 3 is 3.05 bits per heavy atom. The van der Waals surface area contributed by atoms with Gasteiger partial charge in [-0.3, -0.25) is 0 Å². The van der Waals surface area contributed by atoms with Crippen LogP contribution in [-0.2, 0) is 0 Å². The molecule has 2 rings (SSSR count). The predicted octanol–water partition coefficient (Wildman–Crippen LogP) is 3.24. The van der Waals surface area contributed by atoms with E-state index in [1.54, 1.807) is 12.3 Å². The minimum Gasteiger partial charge on any atom is -0.409 e. The highest BCUT2D eigenvalue weighted by molar-refractivity contribution is 6.36. The van der Waals surface area contributed by atoms with Crippen molar-refractivity contribution in [1.29, 1.82) is 0 Å². The number of hydrogen-bond acceptors (Lipinski definition) is 4. The molecular weight excluding hydrogens is 288 g/mol. The monoisotopic (exact) mass is 310 g/mol. The van der Waals surface area contributed by atoms with Gasteiger partial charge in [0.05, 0.1) is 5.02 Å². The van der Waals surface area contributed by atoms with Crippen LogP contribution in [0.1, 0.15) is 44.6 Å². The Bertz CT molecular complexity index is 506. The van der Waals surface area contributed by atoms with Gasteiger partial charge in [-0.15, -0.1) is 0 Å². The van der Waals surface area contributed by atoms with Crippen LogP contribution < -0.4 is 10.6 Å². The van der Waals surface area contributed by atoms with Gasteiger partial charge in [0, 0.05) is 24.8 Å². The third kappa shape index (κ3) is 3.79. The zero-order chi connectivity index (χ0) is 15.2.